The number of hydrogen-bond donors (Lipinski definition) is 3. The van der Waals surface area contributed by atoms with Crippen LogP contribution in [0.3, 0.4) is 0 Å². The number of fused-ring (bicyclic) bond motifs is 1. The zero-order valence-electron chi connectivity index (χ0n) is 23.7. The lowest BCUT2D eigenvalue weighted by Crippen LogP contribution is -2.38. The van der Waals surface area contributed by atoms with Crippen molar-refractivity contribution in [1.82, 2.24) is 29.7 Å². The molecule has 41 heavy (non-hydrogen) atoms. The number of carbonyl (C=O) groups is 2. The fourth-order valence-corrected chi connectivity index (χ4v) is 4.77. The van der Waals surface area contributed by atoms with Crippen molar-refractivity contribution in [3.63, 3.8) is 0 Å². The molecule has 222 valence electrons. The quantitative estimate of drug-likeness (QED) is 0.291. The average molecular weight is 573 g/mol. The highest BCUT2D eigenvalue weighted by Gasteiger charge is 2.43. The minimum absolute atomic E-state index is 0.102. The number of alkyl carbamates (subject to hydrolysis) is 1. The Morgan fingerprint density at radius 3 is 2.73 bits per heavy atom. The van der Waals surface area contributed by atoms with E-state index in [0.717, 1.165) is 18.5 Å². The highest BCUT2D eigenvalue weighted by Crippen LogP contribution is 2.39. The van der Waals surface area contributed by atoms with Crippen molar-refractivity contribution in [2.24, 2.45) is 11.7 Å². The lowest BCUT2D eigenvalue weighted by molar-refractivity contribution is -0.150. The normalized spacial score (nSPS) is 22.1. The van der Waals surface area contributed by atoms with Crippen LogP contribution in [-0.4, -0.2) is 67.4 Å². The number of alkyl halides is 1. The van der Waals surface area contributed by atoms with Crippen LogP contribution in [0.1, 0.15) is 63.8 Å². The number of aromatic nitrogens is 5. The van der Waals surface area contributed by atoms with Gasteiger partial charge in [-0.1, -0.05) is 13.8 Å². The van der Waals surface area contributed by atoms with E-state index in [4.69, 9.17) is 19.9 Å². The second kappa shape index (κ2) is 11.6. The van der Waals surface area contributed by atoms with Gasteiger partial charge in [0.25, 0.3) is 0 Å². The summed E-state index contributed by atoms with van der Waals surface area (Å²) in [5.74, 6) is -0.0185. The van der Waals surface area contributed by atoms with Crippen molar-refractivity contribution >= 4 is 29.2 Å². The number of amides is 1. The Morgan fingerprint density at radius 1 is 1.24 bits per heavy atom. The van der Waals surface area contributed by atoms with Crippen LogP contribution in [-0.2, 0) is 32.3 Å². The molecule has 3 aromatic heterocycles. The summed E-state index contributed by atoms with van der Waals surface area (Å²) in [7, 11) is 1.59. The smallest absolute Gasteiger partial charge is 0.407 e. The Morgan fingerprint density at radius 2 is 2.02 bits per heavy atom. The maximum absolute atomic E-state index is 15.0. The molecule has 13 nitrogen and oxygen atoms in total. The molecule has 14 heteroatoms. The third-order valence-electron chi connectivity index (χ3n) is 7.61. The molecule has 0 unspecified atom stereocenters. The Hall–Kier alpha value is -3.78. The number of esters is 1. The molecule has 4 atom stereocenters. The third kappa shape index (κ3) is 6.59. The molecular formula is C27H37FN8O5. The largest absolute Gasteiger partial charge is 0.443 e. The number of nitrogens with zero attached hydrogens (tertiary/aromatic N) is 5. The number of nitrogens with one attached hydrogen (secondary N) is 2. The molecule has 5 rings (SSSR count). The maximum atomic E-state index is 15.0. The zero-order chi connectivity index (χ0) is 29.3. The van der Waals surface area contributed by atoms with Crippen LogP contribution in [0, 0.1) is 5.92 Å². The lowest BCUT2D eigenvalue weighted by atomic mass is 10.0. The van der Waals surface area contributed by atoms with Gasteiger partial charge in [0.1, 0.15) is 29.7 Å². The monoisotopic (exact) mass is 572 g/mol. The van der Waals surface area contributed by atoms with E-state index in [1.54, 1.807) is 30.1 Å². The second-order valence-corrected chi connectivity index (χ2v) is 11.4. The number of rotatable bonds is 11. The van der Waals surface area contributed by atoms with Gasteiger partial charge < -0.3 is 30.6 Å². The summed E-state index contributed by atoms with van der Waals surface area (Å²) in [4.78, 5) is 29.2. The molecule has 4 N–H and O–H groups in total. The molecule has 2 aliphatic rings. The zero-order valence-corrected chi connectivity index (χ0v) is 23.7. The van der Waals surface area contributed by atoms with Crippen molar-refractivity contribution in [2.75, 3.05) is 12.4 Å². The first-order valence-electron chi connectivity index (χ1n) is 13.8. The van der Waals surface area contributed by atoms with Gasteiger partial charge >= 0.3 is 12.1 Å². The number of hydrogen-bond acceptors (Lipinski definition) is 10. The van der Waals surface area contributed by atoms with Gasteiger partial charge in [0.15, 0.2) is 12.5 Å². The third-order valence-corrected chi connectivity index (χ3v) is 7.61. The van der Waals surface area contributed by atoms with E-state index in [0.29, 0.717) is 29.5 Å². The molecule has 2 saturated carbocycles. The van der Waals surface area contributed by atoms with Gasteiger partial charge in [-0.15, -0.1) is 0 Å². The van der Waals surface area contributed by atoms with Crippen LogP contribution in [0.2, 0.25) is 0 Å². The minimum atomic E-state index is -1.33. The van der Waals surface area contributed by atoms with E-state index in [-0.39, 0.29) is 36.9 Å². The van der Waals surface area contributed by atoms with E-state index in [2.05, 4.69) is 25.8 Å². The fraction of sp³-hybridized carbons (Fsp3) is 0.593. The highest BCUT2D eigenvalue weighted by atomic mass is 19.1. The summed E-state index contributed by atoms with van der Waals surface area (Å²) >= 11 is 0. The van der Waals surface area contributed by atoms with Gasteiger partial charge in [-0.25, -0.2) is 23.4 Å². The standard InChI is InChI=1S/C27H37FN8O5/c1-15(2)23(29)25(37)40-14-36-22(31-24-20-11-17(13-39-4)33-35(20)8-7-30-24)12-19(34-36)16-9-18(28)21(10-16)41-26(38)32-27(3)5-6-27/h7-8,11-12,15-16,18,21,23H,5-6,9-10,13-14,29H2,1-4H3,(H,30,31)(H,32,38)/t16-,18+,21-,23+/m1/s1. The van der Waals surface area contributed by atoms with Crippen LogP contribution in [0.5, 0.6) is 0 Å². The molecule has 0 radical (unpaired) electrons. The number of ether oxygens (including phenoxy) is 3. The molecule has 1 amide bonds. The lowest BCUT2D eigenvalue weighted by Gasteiger charge is -2.17. The van der Waals surface area contributed by atoms with Gasteiger partial charge in [0.05, 0.1) is 18.0 Å². The van der Waals surface area contributed by atoms with E-state index >= 15 is 0 Å². The summed E-state index contributed by atoms with van der Waals surface area (Å²) in [6, 6.07) is 2.83. The molecule has 0 aromatic carbocycles. The summed E-state index contributed by atoms with van der Waals surface area (Å²) in [6.07, 6.45) is 2.67. The molecule has 0 bridgehead atoms. The molecule has 0 saturated heterocycles. The molecule has 3 aromatic rings. The Labute approximate surface area is 236 Å². The number of halogens is 1. The van der Waals surface area contributed by atoms with Crippen LogP contribution in [0.4, 0.5) is 20.8 Å². The van der Waals surface area contributed by atoms with Crippen LogP contribution in [0.15, 0.2) is 24.5 Å². The summed E-state index contributed by atoms with van der Waals surface area (Å²) in [6.45, 7) is 5.71. The Bertz CT molecular complexity index is 1400. The molecule has 0 spiro atoms. The van der Waals surface area contributed by atoms with E-state index in [1.165, 1.54) is 4.68 Å². The number of carbonyl (C=O) groups excluding carboxylic acids is 2. The Kier molecular flexibility index (Phi) is 8.13. The van der Waals surface area contributed by atoms with Gasteiger partial charge in [-0.05, 0) is 44.6 Å². The van der Waals surface area contributed by atoms with Gasteiger partial charge in [0.2, 0.25) is 0 Å². The second-order valence-electron chi connectivity index (χ2n) is 11.4. The van der Waals surface area contributed by atoms with Crippen molar-refractivity contribution in [1.29, 1.82) is 0 Å². The number of methoxy groups -OCH3 is 1. The van der Waals surface area contributed by atoms with Crippen LogP contribution in [0.25, 0.3) is 5.52 Å². The van der Waals surface area contributed by atoms with Gasteiger partial charge in [0, 0.05) is 37.0 Å². The maximum Gasteiger partial charge on any atom is 0.407 e. The van der Waals surface area contributed by atoms with Crippen LogP contribution < -0.4 is 16.4 Å². The first-order chi connectivity index (χ1) is 19.5. The SMILES string of the molecule is COCc1cc2c(Nc3cc([C@@H]4C[C@H](F)[C@H](OC(=O)NC5(C)CC5)C4)nn3COC(=O)[C@@H](N)C(C)C)nccn2n1. The molecule has 2 fully saturated rings. The van der Waals surface area contributed by atoms with Crippen molar-refractivity contribution in [2.45, 2.75) is 89.6 Å². The number of nitrogens with two attached hydrogens (primary N) is 1. The summed E-state index contributed by atoms with van der Waals surface area (Å²) in [5, 5.41) is 15.2. The Balaban J connectivity index is 1.36. The van der Waals surface area contributed by atoms with Gasteiger partial charge in [-0.3, -0.25) is 4.79 Å². The fourth-order valence-electron chi connectivity index (χ4n) is 4.77. The van der Waals surface area contributed by atoms with Crippen LogP contribution >= 0.6 is 0 Å². The average Bonchev–Trinajstić information content (AvgIpc) is 3.23. The molecule has 0 aliphatic heterocycles. The predicted molar refractivity (Wildman–Crippen MR) is 146 cm³/mol. The first kappa shape index (κ1) is 28.7. The highest BCUT2D eigenvalue weighted by molar-refractivity contribution is 5.76. The summed E-state index contributed by atoms with van der Waals surface area (Å²) in [5.41, 5.74) is 7.68. The molecular weight excluding hydrogens is 535 g/mol. The van der Waals surface area contributed by atoms with E-state index < -0.39 is 30.4 Å². The topological polar surface area (TPSA) is 160 Å². The summed E-state index contributed by atoms with van der Waals surface area (Å²) < 4.78 is 34.2. The first-order valence-corrected chi connectivity index (χ1v) is 13.8. The van der Waals surface area contributed by atoms with Gasteiger partial charge in [-0.2, -0.15) is 10.2 Å². The van der Waals surface area contributed by atoms with E-state index in [9.17, 15) is 14.0 Å². The predicted octanol–water partition coefficient (Wildman–Crippen LogP) is 3.16. The minimum Gasteiger partial charge on any atom is -0.443 e. The van der Waals surface area contributed by atoms with Crippen molar-refractivity contribution < 1.29 is 28.2 Å². The van der Waals surface area contributed by atoms with Crippen molar-refractivity contribution in [3.8, 4) is 0 Å². The number of anilines is 2. The van der Waals surface area contributed by atoms with Crippen molar-refractivity contribution in [3.05, 3.63) is 35.9 Å². The van der Waals surface area contributed by atoms with E-state index in [1.807, 2.05) is 26.8 Å². The molecule has 2 aliphatic carbocycles. The molecule has 3 heterocycles.